The first-order chi connectivity index (χ1) is 16.8. The molecule has 3 rings (SSSR count). The molecule has 1 N–H and O–H groups in total. The van der Waals surface area contributed by atoms with Crippen molar-refractivity contribution >= 4 is 39.4 Å². The van der Waals surface area contributed by atoms with Crippen molar-refractivity contribution in [2.75, 3.05) is 24.6 Å². The number of hydrogen-bond donors (Lipinski definition) is 1. The van der Waals surface area contributed by atoms with Crippen LogP contribution in [0.4, 0.5) is 5.69 Å². The second kappa shape index (κ2) is 11.9. The first kappa shape index (κ1) is 25.6. The minimum absolute atomic E-state index is 0.0109. The van der Waals surface area contributed by atoms with E-state index < -0.39 is 22.5 Å². The molecule has 0 aliphatic heterocycles. The smallest absolute Gasteiger partial charge is 0.264 e. The van der Waals surface area contributed by atoms with Crippen LogP contribution in [-0.4, -0.2) is 40.8 Å². The lowest BCUT2D eigenvalue weighted by molar-refractivity contribution is -0.119. The summed E-state index contributed by atoms with van der Waals surface area (Å²) in [6.07, 6.45) is 1.40. The van der Waals surface area contributed by atoms with Crippen molar-refractivity contribution in [3.05, 3.63) is 83.4 Å². The molecule has 0 aliphatic rings. The number of ether oxygens (including phenoxy) is 2. The van der Waals surface area contributed by atoms with Gasteiger partial charge in [0.05, 0.1) is 23.9 Å². The van der Waals surface area contributed by atoms with Crippen LogP contribution >= 0.6 is 11.6 Å². The number of hydrazone groups is 1. The van der Waals surface area contributed by atoms with Crippen LogP contribution in [0.25, 0.3) is 0 Å². The molecule has 0 spiro atoms. The van der Waals surface area contributed by atoms with E-state index in [-0.39, 0.29) is 17.2 Å². The second-order valence-corrected chi connectivity index (χ2v) is 9.27. The SMILES string of the molecule is COc1ccc(S(=O)(=O)N(CC(=O)NN=Cc2ccc(OCC#N)cc2)c2ccc(Cl)cc2)cc1. The highest BCUT2D eigenvalue weighted by atomic mass is 35.5. The number of nitriles is 1. The van der Waals surface area contributed by atoms with Gasteiger partial charge in [0.25, 0.3) is 15.9 Å². The van der Waals surface area contributed by atoms with Crippen LogP contribution in [-0.2, 0) is 14.8 Å². The van der Waals surface area contributed by atoms with Gasteiger partial charge in [0.1, 0.15) is 24.1 Å². The van der Waals surface area contributed by atoms with Crippen LogP contribution in [0.1, 0.15) is 5.56 Å². The number of sulfonamides is 1. The first-order valence-corrected chi connectivity index (χ1v) is 12.0. The number of rotatable bonds is 10. The Bertz CT molecular complexity index is 1320. The zero-order valence-corrected chi connectivity index (χ0v) is 20.2. The summed E-state index contributed by atoms with van der Waals surface area (Å²) in [5.74, 6) is 0.371. The summed E-state index contributed by atoms with van der Waals surface area (Å²) in [7, 11) is -2.61. The number of nitrogens with zero attached hydrogens (tertiary/aromatic N) is 3. The highest BCUT2D eigenvalue weighted by Gasteiger charge is 2.27. The summed E-state index contributed by atoms with van der Waals surface area (Å²) in [6.45, 7) is -0.582. The molecule has 11 heteroatoms. The van der Waals surface area contributed by atoms with E-state index in [0.717, 1.165) is 4.31 Å². The van der Waals surface area contributed by atoms with E-state index in [1.54, 1.807) is 24.3 Å². The molecule has 35 heavy (non-hydrogen) atoms. The van der Waals surface area contributed by atoms with E-state index in [2.05, 4.69) is 10.5 Å². The molecule has 3 aromatic carbocycles. The minimum atomic E-state index is -4.09. The molecule has 180 valence electrons. The lowest BCUT2D eigenvalue weighted by Crippen LogP contribution is -2.39. The predicted octanol–water partition coefficient (Wildman–Crippen LogP) is 3.60. The number of anilines is 1. The second-order valence-electron chi connectivity index (χ2n) is 6.97. The third kappa shape index (κ3) is 6.96. The average Bonchev–Trinajstić information content (AvgIpc) is 2.87. The number of amides is 1. The van der Waals surface area contributed by atoms with Gasteiger partial charge in [-0.3, -0.25) is 9.10 Å². The van der Waals surface area contributed by atoms with Gasteiger partial charge in [-0.05, 0) is 78.4 Å². The Morgan fingerprint density at radius 2 is 1.69 bits per heavy atom. The van der Waals surface area contributed by atoms with Crippen molar-refractivity contribution < 1.29 is 22.7 Å². The summed E-state index contributed by atoms with van der Waals surface area (Å²) < 4.78 is 37.9. The Morgan fingerprint density at radius 3 is 2.29 bits per heavy atom. The predicted molar refractivity (Wildman–Crippen MR) is 132 cm³/mol. The fourth-order valence-corrected chi connectivity index (χ4v) is 4.45. The zero-order valence-electron chi connectivity index (χ0n) is 18.6. The quantitative estimate of drug-likeness (QED) is 0.327. The number of carbonyl (C=O) groups is 1. The number of benzene rings is 3. The largest absolute Gasteiger partial charge is 0.497 e. The molecule has 0 heterocycles. The van der Waals surface area contributed by atoms with E-state index >= 15 is 0 Å². The Kier molecular flexibility index (Phi) is 8.67. The van der Waals surface area contributed by atoms with Crippen LogP contribution in [0.15, 0.2) is 82.8 Å². The van der Waals surface area contributed by atoms with Crippen LogP contribution in [0.5, 0.6) is 11.5 Å². The van der Waals surface area contributed by atoms with Crippen molar-refractivity contribution in [2.24, 2.45) is 5.10 Å². The highest BCUT2D eigenvalue weighted by Crippen LogP contribution is 2.26. The Labute approximate surface area is 208 Å². The molecule has 0 atom stereocenters. The molecule has 3 aromatic rings. The Morgan fingerprint density at radius 1 is 1.06 bits per heavy atom. The summed E-state index contributed by atoms with van der Waals surface area (Å²) >= 11 is 5.95. The molecule has 9 nitrogen and oxygen atoms in total. The molecule has 0 unspecified atom stereocenters. The van der Waals surface area contributed by atoms with Gasteiger partial charge in [-0.15, -0.1) is 0 Å². The molecule has 0 bridgehead atoms. The van der Waals surface area contributed by atoms with Gasteiger partial charge >= 0.3 is 0 Å². The fourth-order valence-electron chi connectivity index (χ4n) is 2.91. The van der Waals surface area contributed by atoms with Crippen LogP contribution in [0.2, 0.25) is 5.02 Å². The molecular weight excluding hydrogens is 492 g/mol. The monoisotopic (exact) mass is 512 g/mol. The maximum Gasteiger partial charge on any atom is 0.264 e. The normalized spacial score (nSPS) is 11.0. The number of hydrogen-bond acceptors (Lipinski definition) is 7. The highest BCUT2D eigenvalue weighted by molar-refractivity contribution is 7.92. The van der Waals surface area contributed by atoms with Gasteiger partial charge in [0, 0.05) is 5.02 Å². The van der Waals surface area contributed by atoms with E-state index in [0.29, 0.717) is 22.1 Å². The fraction of sp³-hybridized carbons (Fsp3) is 0.125. The summed E-state index contributed by atoms with van der Waals surface area (Å²) in [4.78, 5) is 12.6. The number of carbonyl (C=O) groups excluding carboxylic acids is 1. The molecule has 1 amide bonds. The van der Waals surface area contributed by atoms with E-state index in [4.69, 9.17) is 26.3 Å². The van der Waals surface area contributed by atoms with Gasteiger partial charge in [0.2, 0.25) is 0 Å². The number of nitrogens with one attached hydrogen (secondary N) is 1. The number of halogens is 1. The maximum atomic E-state index is 13.4. The summed E-state index contributed by atoms with van der Waals surface area (Å²) in [6, 6.07) is 20.5. The van der Waals surface area contributed by atoms with Gasteiger partial charge in [-0.2, -0.15) is 10.4 Å². The van der Waals surface area contributed by atoms with E-state index in [1.165, 1.54) is 61.9 Å². The van der Waals surface area contributed by atoms with Gasteiger partial charge in [-0.25, -0.2) is 13.8 Å². The third-order valence-electron chi connectivity index (χ3n) is 4.64. The molecule has 0 saturated carbocycles. The number of methoxy groups -OCH3 is 1. The Balaban J connectivity index is 1.76. The Hall–Kier alpha value is -4.07. The zero-order chi connectivity index (χ0) is 25.3. The van der Waals surface area contributed by atoms with E-state index in [1.807, 2.05) is 6.07 Å². The molecule has 0 fully saturated rings. The topological polar surface area (TPSA) is 121 Å². The standard InChI is InChI=1S/C24H21ClN4O5S/c1-33-21-10-12-23(13-11-21)35(31,32)29(20-6-4-19(25)5-7-20)17-24(30)28-27-16-18-2-8-22(9-3-18)34-15-14-26/h2-13,16H,15,17H2,1H3,(H,28,30). The van der Waals surface area contributed by atoms with Crippen LogP contribution < -0.4 is 19.2 Å². The van der Waals surface area contributed by atoms with Gasteiger partial charge in [-0.1, -0.05) is 11.6 Å². The van der Waals surface area contributed by atoms with Gasteiger partial charge < -0.3 is 9.47 Å². The lowest BCUT2D eigenvalue weighted by Gasteiger charge is -2.23. The van der Waals surface area contributed by atoms with Crippen molar-refractivity contribution in [2.45, 2.75) is 4.90 Å². The van der Waals surface area contributed by atoms with Crippen molar-refractivity contribution in [1.29, 1.82) is 5.26 Å². The van der Waals surface area contributed by atoms with Crippen LogP contribution in [0, 0.1) is 11.3 Å². The average molecular weight is 513 g/mol. The van der Waals surface area contributed by atoms with E-state index in [9.17, 15) is 13.2 Å². The lowest BCUT2D eigenvalue weighted by atomic mass is 10.2. The first-order valence-electron chi connectivity index (χ1n) is 10.2. The molecule has 0 aliphatic carbocycles. The van der Waals surface area contributed by atoms with Crippen LogP contribution in [0.3, 0.4) is 0 Å². The minimum Gasteiger partial charge on any atom is -0.497 e. The molecular formula is C24H21ClN4O5S. The summed E-state index contributed by atoms with van der Waals surface area (Å²) in [5, 5.41) is 12.9. The van der Waals surface area contributed by atoms with Crippen molar-refractivity contribution in [3.8, 4) is 17.6 Å². The van der Waals surface area contributed by atoms with Crippen molar-refractivity contribution in [3.63, 3.8) is 0 Å². The third-order valence-corrected chi connectivity index (χ3v) is 6.68. The van der Waals surface area contributed by atoms with Crippen molar-refractivity contribution in [1.82, 2.24) is 5.43 Å². The van der Waals surface area contributed by atoms with Gasteiger partial charge in [0.15, 0.2) is 6.61 Å². The molecule has 0 radical (unpaired) electrons. The molecule has 0 aromatic heterocycles. The summed E-state index contributed by atoms with van der Waals surface area (Å²) in [5.41, 5.74) is 3.26. The molecule has 0 saturated heterocycles. The maximum absolute atomic E-state index is 13.4.